The van der Waals surface area contributed by atoms with E-state index in [-0.39, 0.29) is 18.3 Å². The Balaban J connectivity index is 1.83. The average Bonchev–Trinajstić information content (AvgIpc) is 3.27. The maximum absolute atomic E-state index is 12.6. The summed E-state index contributed by atoms with van der Waals surface area (Å²) in [6.45, 7) is 1.94. The van der Waals surface area contributed by atoms with Crippen molar-refractivity contribution >= 4 is 68.0 Å². The van der Waals surface area contributed by atoms with Gasteiger partial charge in [-0.1, -0.05) is 52.9 Å². The number of amides is 1. The Morgan fingerprint density at radius 3 is 2.75 bits per heavy atom. The number of benzene rings is 1. The zero-order valence-corrected chi connectivity index (χ0v) is 17.8. The zero-order valence-electron chi connectivity index (χ0n) is 14.6. The number of esters is 1. The molecule has 7 nitrogen and oxygen atoms in total. The molecule has 0 atom stereocenters. The Morgan fingerprint density at radius 1 is 1.29 bits per heavy atom. The van der Waals surface area contributed by atoms with Crippen LogP contribution in [-0.2, 0) is 9.53 Å². The Labute approximate surface area is 178 Å². The van der Waals surface area contributed by atoms with Crippen molar-refractivity contribution in [3.05, 3.63) is 40.2 Å². The molecule has 0 unspecified atom stereocenters. The third kappa shape index (κ3) is 4.82. The molecule has 0 bridgehead atoms. The van der Waals surface area contributed by atoms with Gasteiger partial charge in [0.15, 0.2) is 4.34 Å². The summed E-state index contributed by atoms with van der Waals surface area (Å²) in [5.41, 5.74) is 7.14. The molecule has 3 rings (SSSR count). The van der Waals surface area contributed by atoms with E-state index < -0.39 is 5.97 Å². The first-order valence-electron chi connectivity index (χ1n) is 8.04. The van der Waals surface area contributed by atoms with Gasteiger partial charge in [-0.05, 0) is 13.0 Å². The fraction of sp³-hybridized carbons (Fsp3) is 0.176. The van der Waals surface area contributed by atoms with E-state index in [4.69, 9.17) is 22.1 Å². The maximum Gasteiger partial charge on any atom is 0.341 e. The first-order chi connectivity index (χ1) is 13.5. The largest absolute Gasteiger partial charge is 0.462 e. The lowest BCUT2D eigenvalue weighted by molar-refractivity contribution is -0.113. The number of rotatable bonds is 7. The molecule has 0 aliphatic carbocycles. The van der Waals surface area contributed by atoms with E-state index in [0.29, 0.717) is 36.2 Å². The van der Waals surface area contributed by atoms with Gasteiger partial charge >= 0.3 is 5.97 Å². The highest BCUT2D eigenvalue weighted by Crippen LogP contribution is 2.39. The number of nitrogens with one attached hydrogen (secondary N) is 1. The predicted octanol–water partition coefficient (Wildman–Crippen LogP) is 4.41. The highest BCUT2D eigenvalue weighted by atomic mass is 35.5. The van der Waals surface area contributed by atoms with Crippen LogP contribution in [0.1, 0.15) is 17.3 Å². The summed E-state index contributed by atoms with van der Waals surface area (Å²) in [6, 6.07) is 7.19. The van der Waals surface area contributed by atoms with Crippen molar-refractivity contribution in [1.82, 2.24) is 10.2 Å². The van der Waals surface area contributed by atoms with Gasteiger partial charge in [0.25, 0.3) is 0 Å². The molecule has 0 saturated heterocycles. The van der Waals surface area contributed by atoms with Crippen molar-refractivity contribution in [2.24, 2.45) is 0 Å². The number of nitrogens with two attached hydrogens (primary N) is 1. The molecular weight excluding hydrogens is 440 g/mol. The molecule has 3 N–H and O–H groups in total. The van der Waals surface area contributed by atoms with Crippen LogP contribution in [0.2, 0.25) is 5.02 Å². The fourth-order valence-electron chi connectivity index (χ4n) is 2.30. The molecule has 0 saturated carbocycles. The van der Waals surface area contributed by atoms with Crippen LogP contribution in [0, 0.1) is 0 Å². The number of ether oxygens (including phenoxy) is 1. The molecule has 1 aromatic carbocycles. The van der Waals surface area contributed by atoms with Crippen molar-refractivity contribution < 1.29 is 14.3 Å². The highest BCUT2D eigenvalue weighted by molar-refractivity contribution is 8.01. The minimum atomic E-state index is -0.515. The third-order valence-electron chi connectivity index (χ3n) is 3.44. The molecule has 3 aromatic rings. The quantitative estimate of drug-likeness (QED) is 0.402. The normalized spacial score (nSPS) is 10.6. The number of nitrogens with zero attached hydrogens (tertiary/aromatic N) is 2. The molecule has 146 valence electrons. The van der Waals surface area contributed by atoms with Gasteiger partial charge in [0.2, 0.25) is 11.0 Å². The summed E-state index contributed by atoms with van der Waals surface area (Å²) >= 11 is 9.95. The van der Waals surface area contributed by atoms with E-state index in [1.165, 1.54) is 34.4 Å². The van der Waals surface area contributed by atoms with Crippen LogP contribution in [0.3, 0.4) is 0 Å². The molecule has 2 aromatic heterocycles. The maximum atomic E-state index is 12.6. The lowest BCUT2D eigenvalue weighted by Gasteiger charge is -2.09. The van der Waals surface area contributed by atoms with Crippen LogP contribution < -0.4 is 11.1 Å². The van der Waals surface area contributed by atoms with Crippen LogP contribution >= 0.6 is 46.0 Å². The Kier molecular flexibility index (Phi) is 6.89. The van der Waals surface area contributed by atoms with Gasteiger partial charge in [0, 0.05) is 21.5 Å². The molecule has 0 fully saturated rings. The molecule has 11 heteroatoms. The van der Waals surface area contributed by atoms with Crippen molar-refractivity contribution in [3.63, 3.8) is 0 Å². The van der Waals surface area contributed by atoms with E-state index in [1.54, 1.807) is 18.4 Å². The number of thiophene rings is 1. The smallest absolute Gasteiger partial charge is 0.341 e. The number of anilines is 2. The number of carbonyl (C=O) groups is 2. The SMILES string of the molecule is CCOC(=O)c1c(-c2ccccc2Cl)csc1NC(=O)CSc1nnc(N)s1. The van der Waals surface area contributed by atoms with E-state index in [9.17, 15) is 9.59 Å². The molecule has 2 heterocycles. The molecule has 0 spiro atoms. The number of thioether (sulfide) groups is 1. The van der Waals surface area contributed by atoms with Crippen LogP contribution in [0.15, 0.2) is 34.0 Å². The lowest BCUT2D eigenvalue weighted by Crippen LogP contribution is -2.16. The van der Waals surface area contributed by atoms with Crippen molar-refractivity contribution in [2.45, 2.75) is 11.3 Å². The second-order valence-electron chi connectivity index (χ2n) is 5.30. The van der Waals surface area contributed by atoms with Crippen LogP contribution in [0.25, 0.3) is 11.1 Å². The molecule has 1 amide bonds. The van der Waals surface area contributed by atoms with Gasteiger partial charge in [-0.3, -0.25) is 4.79 Å². The van der Waals surface area contributed by atoms with Gasteiger partial charge < -0.3 is 15.8 Å². The summed E-state index contributed by atoms with van der Waals surface area (Å²) in [7, 11) is 0. The second kappa shape index (κ2) is 9.37. The molecule has 0 radical (unpaired) electrons. The number of nitrogen functional groups attached to an aromatic ring is 1. The third-order valence-corrected chi connectivity index (χ3v) is 6.55. The Morgan fingerprint density at radius 2 is 2.07 bits per heavy atom. The fourth-order valence-corrected chi connectivity index (χ4v) is 4.94. The van der Waals surface area contributed by atoms with Crippen molar-refractivity contribution in [2.75, 3.05) is 23.4 Å². The predicted molar refractivity (Wildman–Crippen MR) is 114 cm³/mol. The number of hydrogen-bond donors (Lipinski definition) is 2. The Bertz CT molecular complexity index is 1010. The zero-order chi connectivity index (χ0) is 20.1. The first-order valence-corrected chi connectivity index (χ1v) is 11.1. The second-order valence-corrected chi connectivity index (χ2v) is 8.82. The average molecular weight is 455 g/mol. The number of hydrogen-bond acceptors (Lipinski definition) is 9. The minimum Gasteiger partial charge on any atom is -0.462 e. The van der Waals surface area contributed by atoms with Gasteiger partial charge in [0.05, 0.1) is 12.4 Å². The van der Waals surface area contributed by atoms with Crippen LogP contribution in [-0.4, -0.2) is 34.4 Å². The summed E-state index contributed by atoms with van der Waals surface area (Å²) in [5, 5.41) is 13.4. The van der Waals surface area contributed by atoms with E-state index in [1.807, 2.05) is 18.2 Å². The van der Waals surface area contributed by atoms with Crippen LogP contribution in [0.4, 0.5) is 10.1 Å². The van der Waals surface area contributed by atoms with Gasteiger partial charge in [0.1, 0.15) is 10.6 Å². The summed E-state index contributed by atoms with van der Waals surface area (Å²) in [4.78, 5) is 24.9. The van der Waals surface area contributed by atoms with Crippen molar-refractivity contribution in [1.29, 1.82) is 0 Å². The lowest BCUT2D eigenvalue weighted by atomic mass is 10.0. The van der Waals surface area contributed by atoms with Gasteiger partial charge in [-0.25, -0.2) is 4.79 Å². The number of halogens is 1. The van der Waals surface area contributed by atoms with Crippen molar-refractivity contribution in [3.8, 4) is 11.1 Å². The first kappa shape index (κ1) is 20.6. The van der Waals surface area contributed by atoms with Gasteiger partial charge in [-0.15, -0.1) is 21.5 Å². The van der Waals surface area contributed by atoms with Gasteiger partial charge in [-0.2, -0.15) is 0 Å². The monoisotopic (exact) mass is 454 g/mol. The topological polar surface area (TPSA) is 107 Å². The molecule has 0 aliphatic heterocycles. The van der Waals surface area contributed by atoms with Crippen LogP contribution in [0.5, 0.6) is 0 Å². The number of aromatic nitrogens is 2. The van der Waals surface area contributed by atoms with E-state index in [0.717, 1.165) is 0 Å². The molecular formula is C17H15ClN4O3S3. The molecule has 0 aliphatic rings. The summed E-state index contributed by atoms with van der Waals surface area (Å²) < 4.78 is 5.78. The number of carbonyl (C=O) groups excluding carboxylic acids is 2. The highest BCUT2D eigenvalue weighted by Gasteiger charge is 2.24. The minimum absolute atomic E-state index is 0.107. The van der Waals surface area contributed by atoms with E-state index in [2.05, 4.69) is 15.5 Å². The van der Waals surface area contributed by atoms with E-state index >= 15 is 0 Å². The standard InChI is InChI=1S/C17H15ClN4O3S3/c1-2-25-15(24)13-10(9-5-3-4-6-11(9)18)7-26-14(13)20-12(23)8-27-17-22-21-16(19)28-17/h3-7H,2,8H2,1H3,(H2,19,21)(H,20,23). The molecule has 28 heavy (non-hydrogen) atoms. The summed E-state index contributed by atoms with van der Waals surface area (Å²) in [5.74, 6) is -0.689. The summed E-state index contributed by atoms with van der Waals surface area (Å²) in [6.07, 6.45) is 0. The Hall–Kier alpha value is -2.14.